The molecule has 0 aromatic carbocycles. The van der Waals surface area contributed by atoms with Crippen LogP contribution in [0.2, 0.25) is 0 Å². The number of rotatable bonds is 2. The van der Waals surface area contributed by atoms with E-state index in [9.17, 15) is 0 Å². The highest BCUT2D eigenvalue weighted by Gasteiger charge is 2.18. The molecule has 0 amide bonds. The molecule has 2 rings (SSSR count). The number of nitrogens with one attached hydrogen (secondary N) is 1. The second-order valence-corrected chi connectivity index (χ2v) is 3.85. The Bertz CT molecular complexity index is 353. The maximum Gasteiger partial charge on any atom is 0.0961 e. The Labute approximate surface area is 84.0 Å². The third-order valence-corrected chi connectivity index (χ3v) is 2.92. The van der Waals surface area contributed by atoms with Crippen molar-refractivity contribution >= 4 is 5.84 Å². The van der Waals surface area contributed by atoms with Gasteiger partial charge in [0.1, 0.15) is 0 Å². The van der Waals surface area contributed by atoms with Gasteiger partial charge in [0.2, 0.25) is 0 Å². The van der Waals surface area contributed by atoms with Gasteiger partial charge < -0.3 is 4.90 Å². The van der Waals surface area contributed by atoms with Crippen molar-refractivity contribution in [2.45, 2.75) is 26.3 Å². The number of hydrogen-bond acceptors (Lipinski definition) is 2. The summed E-state index contributed by atoms with van der Waals surface area (Å²) >= 11 is 0. The molecule has 2 heterocycles. The highest BCUT2D eigenvalue weighted by atomic mass is 15.3. The van der Waals surface area contributed by atoms with Crippen molar-refractivity contribution in [2.75, 3.05) is 6.54 Å². The van der Waals surface area contributed by atoms with Crippen molar-refractivity contribution in [3.05, 3.63) is 17.5 Å². The molecule has 1 fully saturated rings. The van der Waals surface area contributed by atoms with Gasteiger partial charge in [-0.15, -0.1) is 0 Å². The minimum absolute atomic E-state index is 0.772. The summed E-state index contributed by atoms with van der Waals surface area (Å²) in [6.07, 6.45) is 3.96. The summed E-state index contributed by atoms with van der Waals surface area (Å²) in [4.78, 5) is 2.13. The van der Waals surface area contributed by atoms with Crippen LogP contribution >= 0.6 is 0 Å². The van der Waals surface area contributed by atoms with Crippen LogP contribution in [0.15, 0.2) is 6.20 Å². The lowest BCUT2D eigenvalue weighted by Crippen LogP contribution is -2.23. The average molecular weight is 192 g/mol. The molecule has 1 aromatic heterocycles. The van der Waals surface area contributed by atoms with E-state index in [0.717, 1.165) is 31.8 Å². The summed E-state index contributed by atoms with van der Waals surface area (Å²) in [5.41, 5.74) is 2.43. The zero-order valence-corrected chi connectivity index (χ0v) is 8.75. The highest BCUT2D eigenvalue weighted by molar-refractivity contribution is 5.80. The zero-order chi connectivity index (χ0) is 10.1. The Morgan fingerprint density at radius 3 is 2.86 bits per heavy atom. The van der Waals surface area contributed by atoms with Crippen molar-refractivity contribution in [2.24, 2.45) is 7.05 Å². The summed E-state index contributed by atoms with van der Waals surface area (Å²) < 4.78 is 1.88. The van der Waals surface area contributed by atoms with Gasteiger partial charge in [-0.1, -0.05) is 0 Å². The van der Waals surface area contributed by atoms with Crippen molar-refractivity contribution in [3.63, 3.8) is 0 Å². The second kappa shape index (κ2) is 3.44. The van der Waals surface area contributed by atoms with Crippen molar-refractivity contribution in [1.82, 2.24) is 14.7 Å². The molecule has 1 aliphatic rings. The number of hydrogen-bond donors (Lipinski definition) is 1. The summed E-state index contributed by atoms with van der Waals surface area (Å²) in [5, 5.41) is 11.9. The molecule has 4 heteroatoms. The molecule has 76 valence electrons. The second-order valence-electron chi connectivity index (χ2n) is 3.85. The minimum atomic E-state index is 0.772. The summed E-state index contributed by atoms with van der Waals surface area (Å²) in [5.74, 6) is 0.772. The average Bonchev–Trinajstić information content (AvgIpc) is 2.68. The third kappa shape index (κ3) is 1.52. The predicted molar refractivity (Wildman–Crippen MR) is 55.3 cm³/mol. The zero-order valence-electron chi connectivity index (χ0n) is 8.75. The summed E-state index contributed by atoms with van der Waals surface area (Å²) in [7, 11) is 1.95. The van der Waals surface area contributed by atoms with Crippen LogP contribution in [0, 0.1) is 12.3 Å². The van der Waals surface area contributed by atoms with E-state index in [1.165, 1.54) is 11.3 Å². The Kier molecular flexibility index (Phi) is 2.27. The molecule has 0 aliphatic carbocycles. The van der Waals surface area contributed by atoms with Gasteiger partial charge in [-0.25, -0.2) is 0 Å². The Balaban J connectivity index is 2.10. The number of amidine groups is 1. The van der Waals surface area contributed by atoms with Crippen LogP contribution in [-0.2, 0) is 13.6 Å². The van der Waals surface area contributed by atoms with E-state index in [-0.39, 0.29) is 0 Å². The van der Waals surface area contributed by atoms with Crippen molar-refractivity contribution in [1.29, 1.82) is 5.41 Å². The molecular formula is C10H16N4. The summed E-state index contributed by atoms with van der Waals surface area (Å²) in [6, 6.07) is 0. The topological polar surface area (TPSA) is 44.9 Å². The molecular weight excluding hydrogens is 176 g/mol. The molecule has 0 atom stereocenters. The van der Waals surface area contributed by atoms with E-state index in [2.05, 4.69) is 16.9 Å². The van der Waals surface area contributed by atoms with E-state index < -0.39 is 0 Å². The SMILES string of the molecule is Cc1c(CN2CCCC2=N)cnn1C. The molecule has 1 aromatic rings. The smallest absolute Gasteiger partial charge is 0.0961 e. The van der Waals surface area contributed by atoms with Crippen molar-refractivity contribution < 1.29 is 0 Å². The van der Waals surface area contributed by atoms with E-state index >= 15 is 0 Å². The molecule has 4 nitrogen and oxygen atoms in total. The largest absolute Gasteiger partial charge is 0.356 e. The van der Waals surface area contributed by atoms with Crippen LogP contribution in [0.1, 0.15) is 24.1 Å². The van der Waals surface area contributed by atoms with Crippen LogP contribution in [0.25, 0.3) is 0 Å². The first-order chi connectivity index (χ1) is 6.68. The first-order valence-electron chi connectivity index (χ1n) is 4.98. The normalized spacial score (nSPS) is 16.7. The maximum absolute atomic E-state index is 7.73. The van der Waals surface area contributed by atoms with Gasteiger partial charge in [-0.3, -0.25) is 10.1 Å². The Hall–Kier alpha value is -1.32. The fraction of sp³-hybridized carbons (Fsp3) is 0.600. The standard InChI is InChI=1S/C10H16N4/c1-8-9(6-12-13(8)2)7-14-5-3-4-10(14)11/h6,11H,3-5,7H2,1-2H3. The van der Waals surface area contributed by atoms with Gasteiger partial charge in [0.05, 0.1) is 12.0 Å². The number of likely N-dealkylation sites (tertiary alicyclic amines) is 1. The lowest BCUT2D eigenvalue weighted by molar-refractivity contribution is 0.444. The first kappa shape index (κ1) is 9.24. The van der Waals surface area contributed by atoms with E-state index in [1.807, 2.05) is 17.9 Å². The maximum atomic E-state index is 7.73. The quantitative estimate of drug-likeness (QED) is 0.767. The van der Waals surface area contributed by atoms with Crippen LogP contribution in [0.3, 0.4) is 0 Å². The van der Waals surface area contributed by atoms with E-state index in [0.29, 0.717) is 0 Å². The van der Waals surface area contributed by atoms with Crippen LogP contribution in [0.5, 0.6) is 0 Å². The predicted octanol–water partition coefficient (Wildman–Crippen LogP) is 1.30. The van der Waals surface area contributed by atoms with E-state index in [4.69, 9.17) is 5.41 Å². The molecule has 1 N–H and O–H groups in total. The molecule has 0 spiro atoms. The molecule has 0 saturated carbocycles. The fourth-order valence-electron chi connectivity index (χ4n) is 1.81. The van der Waals surface area contributed by atoms with Gasteiger partial charge >= 0.3 is 0 Å². The number of aryl methyl sites for hydroxylation is 1. The monoisotopic (exact) mass is 192 g/mol. The lowest BCUT2D eigenvalue weighted by Gasteiger charge is -2.16. The van der Waals surface area contributed by atoms with Crippen molar-refractivity contribution in [3.8, 4) is 0 Å². The third-order valence-electron chi connectivity index (χ3n) is 2.92. The number of nitrogens with zero attached hydrogens (tertiary/aromatic N) is 3. The number of aromatic nitrogens is 2. The molecule has 1 saturated heterocycles. The molecule has 14 heavy (non-hydrogen) atoms. The molecule has 0 radical (unpaired) electrons. The van der Waals surface area contributed by atoms with Crippen LogP contribution in [0.4, 0.5) is 0 Å². The Morgan fingerprint density at radius 2 is 2.36 bits per heavy atom. The summed E-state index contributed by atoms with van der Waals surface area (Å²) in [6.45, 7) is 3.94. The van der Waals surface area contributed by atoms with Gasteiger partial charge in [0, 0.05) is 37.8 Å². The van der Waals surface area contributed by atoms with Gasteiger partial charge in [-0.05, 0) is 13.3 Å². The highest BCUT2D eigenvalue weighted by Crippen LogP contribution is 2.16. The van der Waals surface area contributed by atoms with Crippen LogP contribution in [-0.4, -0.2) is 27.1 Å². The van der Waals surface area contributed by atoms with Gasteiger partial charge in [0.15, 0.2) is 0 Å². The Morgan fingerprint density at radius 1 is 1.57 bits per heavy atom. The minimum Gasteiger partial charge on any atom is -0.356 e. The fourth-order valence-corrected chi connectivity index (χ4v) is 1.81. The first-order valence-corrected chi connectivity index (χ1v) is 4.98. The van der Waals surface area contributed by atoms with E-state index in [1.54, 1.807) is 0 Å². The molecule has 1 aliphatic heterocycles. The van der Waals surface area contributed by atoms with Crippen LogP contribution < -0.4 is 0 Å². The molecule has 0 unspecified atom stereocenters. The molecule has 0 bridgehead atoms. The lowest BCUT2D eigenvalue weighted by atomic mass is 10.2. The van der Waals surface area contributed by atoms with Gasteiger partial charge in [0.25, 0.3) is 0 Å². The van der Waals surface area contributed by atoms with Gasteiger partial charge in [-0.2, -0.15) is 5.10 Å².